The number of carbonyl (C=O) groups is 1. The Morgan fingerprint density at radius 3 is 3.21 bits per heavy atom. The predicted octanol–water partition coefficient (Wildman–Crippen LogP) is 2.16. The van der Waals surface area contributed by atoms with Crippen LogP contribution in [0.2, 0.25) is 0 Å². The Balaban J connectivity index is 1.90. The number of nitrogens with zero attached hydrogens (tertiary/aromatic N) is 3. The van der Waals surface area contributed by atoms with Crippen LogP contribution in [0.25, 0.3) is 10.2 Å². The van der Waals surface area contributed by atoms with E-state index >= 15 is 0 Å². The van der Waals surface area contributed by atoms with E-state index in [-0.39, 0.29) is 11.8 Å². The Morgan fingerprint density at radius 1 is 1.58 bits per heavy atom. The molecule has 100 valence electrons. The van der Waals surface area contributed by atoms with E-state index in [0.29, 0.717) is 12.5 Å². The molecule has 3 rings (SSSR count). The van der Waals surface area contributed by atoms with Gasteiger partial charge in [0, 0.05) is 18.5 Å². The number of thiophene rings is 1. The predicted molar refractivity (Wildman–Crippen MR) is 79.2 cm³/mol. The molecule has 0 bridgehead atoms. The van der Waals surface area contributed by atoms with E-state index in [1.165, 1.54) is 0 Å². The number of anilines is 1. The van der Waals surface area contributed by atoms with Crippen molar-refractivity contribution in [2.24, 2.45) is 11.7 Å². The van der Waals surface area contributed by atoms with Gasteiger partial charge in [-0.15, -0.1) is 11.3 Å². The molecular formula is C12H13BrN4OS. The van der Waals surface area contributed by atoms with Gasteiger partial charge in [0.2, 0.25) is 11.9 Å². The monoisotopic (exact) mass is 340 g/mol. The summed E-state index contributed by atoms with van der Waals surface area (Å²) in [5.74, 6) is 0.346. The van der Waals surface area contributed by atoms with Gasteiger partial charge in [-0.3, -0.25) is 4.79 Å². The van der Waals surface area contributed by atoms with E-state index in [4.69, 9.17) is 5.73 Å². The SMILES string of the molecule is NC(=O)[C@H]1CCCN(c2ncc3scc(Br)c3n2)C1. The number of hydrogen-bond donors (Lipinski definition) is 1. The molecule has 2 aromatic rings. The number of primary amides is 1. The highest BCUT2D eigenvalue weighted by molar-refractivity contribution is 9.10. The van der Waals surface area contributed by atoms with E-state index in [1.54, 1.807) is 11.3 Å². The highest BCUT2D eigenvalue weighted by atomic mass is 79.9. The molecule has 19 heavy (non-hydrogen) atoms. The summed E-state index contributed by atoms with van der Waals surface area (Å²) in [5.41, 5.74) is 6.32. The molecule has 7 heteroatoms. The van der Waals surface area contributed by atoms with Gasteiger partial charge in [0.05, 0.1) is 21.3 Å². The van der Waals surface area contributed by atoms with Gasteiger partial charge in [-0.1, -0.05) is 0 Å². The molecule has 0 spiro atoms. The first-order chi connectivity index (χ1) is 9.15. The third-order valence-corrected chi connectivity index (χ3v) is 5.18. The minimum absolute atomic E-state index is 0.0982. The fourth-order valence-electron chi connectivity index (χ4n) is 2.33. The average Bonchev–Trinajstić information content (AvgIpc) is 2.80. The number of carbonyl (C=O) groups excluding carboxylic acids is 1. The maximum atomic E-state index is 11.3. The highest BCUT2D eigenvalue weighted by Gasteiger charge is 2.25. The summed E-state index contributed by atoms with van der Waals surface area (Å²) in [6, 6.07) is 0. The maximum Gasteiger partial charge on any atom is 0.225 e. The molecule has 1 atom stereocenters. The molecule has 0 saturated carbocycles. The molecule has 1 aliphatic rings. The van der Waals surface area contributed by atoms with Gasteiger partial charge in [0.15, 0.2) is 0 Å². The van der Waals surface area contributed by atoms with Crippen molar-refractivity contribution in [3.05, 3.63) is 16.0 Å². The van der Waals surface area contributed by atoms with Gasteiger partial charge in [0.25, 0.3) is 0 Å². The van der Waals surface area contributed by atoms with E-state index in [1.807, 2.05) is 16.5 Å². The van der Waals surface area contributed by atoms with E-state index in [0.717, 1.165) is 34.1 Å². The molecule has 0 radical (unpaired) electrons. The van der Waals surface area contributed by atoms with Crippen LogP contribution >= 0.6 is 27.3 Å². The summed E-state index contributed by atoms with van der Waals surface area (Å²) < 4.78 is 2.04. The fourth-order valence-corrected chi connectivity index (χ4v) is 3.77. The second kappa shape index (κ2) is 5.05. The largest absolute Gasteiger partial charge is 0.369 e. The van der Waals surface area contributed by atoms with Crippen molar-refractivity contribution in [1.29, 1.82) is 0 Å². The molecule has 2 N–H and O–H groups in total. The van der Waals surface area contributed by atoms with Crippen LogP contribution in [0.1, 0.15) is 12.8 Å². The molecular weight excluding hydrogens is 328 g/mol. The van der Waals surface area contributed by atoms with Crippen molar-refractivity contribution in [2.75, 3.05) is 18.0 Å². The number of amides is 1. The van der Waals surface area contributed by atoms with Gasteiger partial charge in [-0.05, 0) is 28.8 Å². The smallest absolute Gasteiger partial charge is 0.225 e. The third kappa shape index (κ3) is 2.44. The van der Waals surface area contributed by atoms with E-state index in [2.05, 4.69) is 25.9 Å². The third-order valence-electron chi connectivity index (χ3n) is 3.36. The second-order valence-electron chi connectivity index (χ2n) is 4.65. The number of halogens is 1. The quantitative estimate of drug-likeness (QED) is 0.909. The molecule has 1 amide bonds. The van der Waals surface area contributed by atoms with Crippen molar-refractivity contribution >= 4 is 49.3 Å². The Labute approximate surface area is 123 Å². The average molecular weight is 341 g/mol. The molecule has 0 aromatic carbocycles. The summed E-state index contributed by atoms with van der Waals surface area (Å²) in [7, 11) is 0. The molecule has 0 unspecified atom stereocenters. The van der Waals surface area contributed by atoms with Gasteiger partial charge >= 0.3 is 0 Å². The van der Waals surface area contributed by atoms with Crippen molar-refractivity contribution in [2.45, 2.75) is 12.8 Å². The number of fused-ring (bicyclic) bond motifs is 1. The Bertz CT molecular complexity index is 629. The zero-order valence-corrected chi connectivity index (χ0v) is 12.6. The van der Waals surface area contributed by atoms with Crippen LogP contribution in [-0.4, -0.2) is 29.0 Å². The molecule has 0 aliphatic carbocycles. The summed E-state index contributed by atoms with van der Waals surface area (Å²) in [4.78, 5) is 22.3. The van der Waals surface area contributed by atoms with Crippen LogP contribution in [0.5, 0.6) is 0 Å². The lowest BCUT2D eigenvalue weighted by molar-refractivity contribution is -0.122. The molecule has 1 saturated heterocycles. The fraction of sp³-hybridized carbons (Fsp3) is 0.417. The Hall–Kier alpha value is -1.21. The summed E-state index contributed by atoms with van der Waals surface area (Å²) in [6.07, 6.45) is 3.64. The van der Waals surface area contributed by atoms with Crippen LogP contribution < -0.4 is 10.6 Å². The lowest BCUT2D eigenvalue weighted by Crippen LogP contribution is -2.41. The van der Waals surface area contributed by atoms with Crippen LogP contribution in [-0.2, 0) is 4.79 Å². The first-order valence-corrected chi connectivity index (χ1v) is 7.76. The van der Waals surface area contributed by atoms with Crippen molar-refractivity contribution in [3.63, 3.8) is 0 Å². The number of piperidine rings is 1. The van der Waals surface area contributed by atoms with E-state index < -0.39 is 0 Å². The van der Waals surface area contributed by atoms with Crippen LogP contribution in [0.15, 0.2) is 16.0 Å². The van der Waals surface area contributed by atoms with Crippen LogP contribution in [0.4, 0.5) is 5.95 Å². The topological polar surface area (TPSA) is 72.1 Å². The number of aromatic nitrogens is 2. The second-order valence-corrected chi connectivity index (χ2v) is 6.42. The van der Waals surface area contributed by atoms with Gasteiger partial charge in [-0.25, -0.2) is 9.97 Å². The van der Waals surface area contributed by atoms with E-state index in [9.17, 15) is 4.79 Å². The normalized spacial score (nSPS) is 19.8. The Morgan fingerprint density at radius 2 is 2.42 bits per heavy atom. The summed E-state index contributed by atoms with van der Waals surface area (Å²) in [5, 5.41) is 2.01. The highest BCUT2D eigenvalue weighted by Crippen LogP contribution is 2.30. The zero-order valence-electron chi connectivity index (χ0n) is 10.2. The molecule has 2 aromatic heterocycles. The number of hydrogen-bond acceptors (Lipinski definition) is 5. The lowest BCUT2D eigenvalue weighted by atomic mass is 9.98. The molecule has 1 fully saturated rings. The van der Waals surface area contributed by atoms with Gasteiger partial charge in [0.1, 0.15) is 5.52 Å². The molecule has 1 aliphatic heterocycles. The molecule has 3 heterocycles. The number of rotatable bonds is 2. The first-order valence-electron chi connectivity index (χ1n) is 6.09. The van der Waals surface area contributed by atoms with Crippen molar-refractivity contribution in [3.8, 4) is 0 Å². The van der Waals surface area contributed by atoms with Crippen LogP contribution in [0, 0.1) is 5.92 Å². The minimum Gasteiger partial charge on any atom is -0.369 e. The number of nitrogens with two attached hydrogens (primary N) is 1. The van der Waals surface area contributed by atoms with Crippen molar-refractivity contribution in [1.82, 2.24) is 9.97 Å². The minimum atomic E-state index is -0.234. The first kappa shape index (κ1) is 12.8. The maximum absolute atomic E-state index is 11.3. The Kier molecular flexibility index (Phi) is 3.40. The van der Waals surface area contributed by atoms with Gasteiger partial charge in [-0.2, -0.15) is 0 Å². The van der Waals surface area contributed by atoms with Gasteiger partial charge < -0.3 is 10.6 Å². The van der Waals surface area contributed by atoms with Crippen LogP contribution in [0.3, 0.4) is 0 Å². The standard InChI is InChI=1S/C12H13BrN4OS/c13-8-6-19-9-4-15-12(16-10(8)9)17-3-1-2-7(5-17)11(14)18/h4,6-7H,1-3,5H2,(H2,14,18)/t7-/m0/s1. The lowest BCUT2D eigenvalue weighted by Gasteiger charge is -2.31. The summed E-state index contributed by atoms with van der Waals surface area (Å²) >= 11 is 5.10. The van der Waals surface area contributed by atoms with Crippen molar-refractivity contribution < 1.29 is 4.79 Å². The molecule has 5 nitrogen and oxygen atoms in total. The summed E-state index contributed by atoms with van der Waals surface area (Å²) in [6.45, 7) is 1.49. The zero-order chi connectivity index (χ0) is 13.4.